The number of nitrogens with zero attached hydrogens (tertiary/aromatic N) is 2. The maximum absolute atomic E-state index is 13.9. The fraction of sp³-hybridized carbons (Fsp3) is 0.222. The summed E-state index contributed by atoms with van der Waals surface area (Å²) in [5.74, 6) is -0.509. The number of amides is 1. The summed E-state index contributed by atoms with van der Waals surface area (Å²) in [5.41, 5.74) is 1.35. The molecule has 1 saturated heterocycles. The molecule has 2 aromatic carbocycles. The summed E-state index contributed by atoms with van der Waals surface area (Å²) < 4.78 is 19.5. The molecule has 23 heavy (non-hydrogen) atoms. The number of nitriles is 1. The van der Waals surface area contributed by atoms with E-state index in [0.29, 0.717) is 29.8 Å². The second-order valence-electron chi connectivity index (χ2n) is 5.32. The van der Waals surface area contributed by atoms with Crippen LogP contribution < -0.4 is 0 Å². The second kappa shape index (κ2) is 6.59. The highest BCUT2D eigenvalue weighted by molar-refractivity contribution is 5.94. The van der Waals surface area contributed by atoms with Crippen LogP contribution in [0.2, 0.25) is 0 Å². The number of carbonyl (C=O) groups excluding carboxylic acids is 1. The summed E-state index contributed by atoms with van der Waals surface area (Å²) in [6.07, 6.45) is -0.479. The van der Waals surface area contributed by atoms with Crippen LogP contribution in [-0.4, -0.2) is 30.5 Å². The summed E-state index contributed by atoms with van der Waals surface area (Å²) in [6, 6.07) is 15.0. The molecular formula is C18H15FN2O2. The van der Waals surface area contributed by atoms with Crippen molar-refractivity contribution in [1.82, 2.24) is 4.90 Å². The second-order valence-corrected chi connectivity index (χ2v) is 5.32. The summed E-state index contributed by atoms with van der Waals surface area (Å²) in [6.45, 7) is 1.08. The van der Waals surface area contributed by atoms with Crippen molar-refractivity contribution in [2.24, 2.45) is 0 Å². The fourth-order valence-corrected chi connectivity index (χ4v) is 2.66. The maximum atomic E-state index is 13.9. The molecule has 1 fully saturated rings. The first-order valence-corrected chi connectivity index (χ1v) is 7.34. The van der Waals surface area contributed by atoms with Crippen molar-refractivity contribution in [1.29, 1.82) is 5.26 Å². The van der Waals surface area contributed by atoms with Crippen molar-refractivity contribution in [3.8, 4) is 6.07 Å². The van der Waals surface area contributed by atoms with Crippen LogP contribution in [0.25, 0.3) is 0 Å². The number of rotatable bonds is 2. The van der Waals surface area contributed by atoms with Gasteiger partial charge < -0.3 is 9.64 Å². The van der Waals surface area contributed by atoms with Gasteiger partial charge >= 0.3 is 0 Å². The molecule has 1 amide bonds. The number of morpholine rings is 1. The number of hydrogen-bond acceptors (Lipinski definition) is 3. The van der Waals surface area contributed by atoms with Gasteiger partial charge in [-0.25, -0.2) is 4.39 Å². The molecular weight excluding hydrogens is 295 g/mol. The van der Waals surface area contributed by atoms with Crippen LogP contribution in [0.3, 0.4) is 0 Å². The van der Waals surface area contributed by atoms with Crippen LogP contribution >= 0.6 is 0 Å². The summed E-state index contributed by atoms with van der Waals surface area (Å²) in [4.78, 5) is 14.2. The first kappa shape index (κ1) is 15.2. The van der Waals surface area contributed by atoms with Gasteiger partial charge in [-0.3, -0.25) is 4.79 Å². The van der Waals surface area contributed by atoms with Gasteiger partial charge in [0.2, 0.25) is 0 Å². The van der Waals surface area contributed by atoms with Gasteiger partial charge in [0.05, 0.1) is 24.8 Å². The number of ether oxygens (including phenoxy) is 1. The Labute approximate surface area is 133 Å². The Bertz CT molecular complexity index is 770. The summed E-state index contributed by atoms with van der Waals surface area (Å²) in [7, 11) is 0. The van der Waals surface area contributed by atoms with Gasteiger partial charge in [0, 0.05) is 17.7 Å². The average molecular weight is 310 g/mol. The van der Waals surface area contributed by atoms with E-state index in [4.69, 9.17) is 10.00 Å². The highest BCUT2D eigenvalue weighted by Crippen LogP contribution is 2.25. The largest absolute Gasteiger partial charge is 0.370 e. The molecule has 4 nitrogen and oxygen atoms in total. The summed E-state index contributed by atoms with van der Waals surface area (Å²) >= 11 is 0. The quantitative estimate of drug-likeness (QED) is 0.857. The molecule has 3 rings (SSSR count). The van der Waals surface area contributed by atoms with Gasteiger partial charge in [-0.05, 0) is 24.3 Å². The summed E-state index contributed by atoms with van der Waals surface area (Å²) in [5, 5.41) is 8.94. The predicted molar refractivity (Wildman–Crippen MR) is 82.2 cm³/mol. The minimum atomic E-state index is -0.479. The molecule has 1 atom stereocenters. The maximum Gasteiger partial charge on any atom is 0.254 e. The Hall–Kier alpha value is -2.71. The zero-order chi connectivity index (χ0) is 16.2. The molecule has 0 saturated carbocycles. The zero-order valence-corrected chi connectivity index (χ0v) is 12.4. The smallest absolute Gasteiger partial charge is 0.254 e. The van der Waals surface area contributed by atoms with Gasteiger partial charge in [-0.15, -0.1) is 0 Å². The SMILES string of the molecule is N#Cc1cccc(C(=O)N2CCOC(c3ccccc3F)C2)c1. The molecule has 0 N–H and O–H groups in total. The highest BCUT2D eigenvalue weighted by Gasteiger charge is 2.27. The molecule has 2 aromatic rings. The van der Waals surface area contributed by atoms with E-state index in [9.17, 15) is 9.18 Å². The molecule has 1 unspecified atom stereocenters. The third-order valence-electron chi connectivity index (χ3n) is 3.84. The topological polar surface area (TPSA) is 53.3 Å². The fourth-order valence-electron chi connectivity index (χ4n) is 2.66. The van der Waals surface area contributed by atoms with E-state index in [2.05, 4.69) is 0 Å². The van der Waals surface area contributed by atoms with E-state index in [1.54, 1.807) is 47.4 Å². The van der Waals surface area contributed by atoms with E-state index < -0.39 is 6.10 Å². The molecule has 0 aromatic heterocycles. The minimum Gasteiger partial charge on any atom is -0.370 e. The molecule has 1 heterocycles. The molecule has 0 aliphatic carbocycles. The van der Waals surface area contributed by atoms with E-state index in [-0.39, 0.29) is 18.3 Å². The first-order valence-electron chi connectivity index (χ1n) is 7.34. The Morgan fingerprint density at radius 1 is 1.26 bits per heavy atom. The minimum absolute atomic E-state index is 0.174. The monoisotopic (exact) mass is 310 g/mol. The van der Waals surface area contributed by atoms with E-state index in [0.717, 1.165) is 0 Å². The lowest BCUT2D eigenvalue weighted by Gasteiger charge is -2.33. The molecule has 0 spiro atoms. The number of halogens is 1. The highest BCUT2D eigenvalue weighted by atomic mass is 19.1. The predicted octanol–water partition coefficient (Wildman–Crippen LogP) is 2.91. The standard InChI is InChI=1S/C18H15FN2O2/c19-16-7-2-1-6-15(16)17-12-21(8-9-23-17)18(22)14-5-3-4-13(10-14)11-20/h1-7,10,17H,8-9,12H2. The molecule has 5 heteroatoms. The van der Waals surface area contributed by atoms with Gasteiger partial charge in [0.25, 0.3) is 5.91 Å². The lowest BCUT2D eigenvalue weighted by Crippen LogP contribution is -2.42. The van der Waals surface area contributed by atoms with Crippen LogP contribution in [0.5, 0.6) is 0 Å². The van der Waals surface area contributed by atoms with Crippen LogP contribution in [0.15, 0.2) is 48.5 Å². The number of carbonyl (C=O) groups is 1. The van der Waals surface area contributed by atoms with Crippen molar-refractivity contribution in [2.75, 3.05) is 19.7 Å². The van der Waals surface area contributed by atoms with E-state index in [1.807, 2.05) is 6.07 Å². The Kier molecular flexibility index (Phi) is 4.35. The van der Waals surface area contributed by atoms with Crippen molar-refractivity contribution >= 4 is 5.91 Å². The van der Waals surface area contributed by atoms with Crippen molar-refractivity contribution in [2.45, 2.75) is 6.10 Å². The molecule has 0 radical (unpaired) electrons. The zero-order valence-electron chi connectivity index (χ0n) is 12.4. The van der Waals surface area contributed by atoms with Crippen LogP contribution in [0, 0.1) is 17.1 Å². The van der Waals surface area contributed by atoms with E-state index >= 15 is 0 Å². The lowest BCUT2D eigenvalue weighted by molar-refractivity contribution is -0.0243. The molecule has 1 aliphatic heterocycles. The number of benzene rings is 2. The van der Waals surface area contributed by atoms with E-state index in [1.165, 1.54) is 6.07 Å². The van der Waals surface area contributed by atoms with Crippen LogP contribution in [0.1, 0.15) is 27.6 Å². The van der Waals surface area contributed by atoms with Gasteiger partial charge in [0.1, 0.15) is 11.9 Å². The third-order valence-corrected chi connectivity index (χ3v) is 3.84. The van der Waals surface area contributed by atoms with Gasteiger partial charge in [0.15, 0.2) is 0 Å². The lowest BCUT2D eigenvalue weighted by atomic mass is 10.1. The van der Waals surface area contributed by atoms with Crippen molar-refractivity contribution in [3.63, 3.8) is 0 Å². The Balaban J connectivity index is 1.79. The van der Waals surface area contributed by atoms with Crippen LogP contribution in [-0.2, 0) is 4.74 Å². The molecule has 1 aliphatic rings. The van der Waals surface area contributed by atoms with Gasteiger partial charge in [-0.1, -0.05) is 24.3 Å². The van der Waals surface area contributed by atoms with Gasteiger partial charge in [-0.2, -0.15) is 5.26 Å². The number of hydrogen-bond donors (Lipinski definition) is 0. The normalized spacial score (nSPS) is 17.6. The molecule has 116 valence electrons. The average Bonchev–Trinajstić information content (AvgIpc) is 2.61. The van der Waals surface area contributed by atoms with Crippen molar-refractivity contribution < 1.29 is 13.9 Å². The molecule has 0 bridgehead atoms. The first-order chi connectivity index (χ1) is 11.2. The third kappa shape index (κ3) is 3.22. The van der Waals surface area contributed by atoms with Crippen molar-refractivity contribution in [3.05, 3.63) is 71.0 Å². The Morgan fingerprint density at radius 2 is 2.09 bits per heavy atom. The Morgan fingerprint density at radius 3 is 2.87 bits per heavy atom. The van der Waals surface area contributed by atoms with Crippen LogP contribution in [0.4, 0.5) is 4.39 Å².